The maximum absolute atomic E-state index is 13.7. The lowest BCUT2D eigenvalue weighted by Gasteiger charge is -2.18. The van der Waals surface area contributed by atoms with Gasteiger partial charge in [0.05, 0.1) is 6.04 Å². The highest BCUT2D eigenvalue weighted by molar-refractivity contribution is 5.34. The van der Waals surface area contributed by atoms with E-state index in [9.17, 15) is 17.6 Å². The number of halogens is 4. The maximum atomic E-state index is 13.7. The number of benzene rings is 2. The van der Waals surface area contributed by atoms with Crippen molar-refractivity contribution in [3.05, 3.63) is 70.8 Å². The van der Waals surface area contributed by atoms with E-state index < -0.39 is 29.3 Å². The summed E-state index contributed by atoms with van der Waals surface area (Å²) in [6.45, 7) is 0. The Morgan fingerprint density at radius 3 is 1.84 bits per heavy atom. The first-order valence-corrected chi connectivity index (χ1v) is 5.60. The molecule has 1 N–H and O–H groups in total. The zero-order valence-corrected chi connectivity index (χ0v) is 10.1. The average Bonchev–Trinajstić information content (AvgIpc) is 2.35. The van der Waals surface area contributed by atoms with Crippen LogP contribution in [0.15, 0.2) is 36.4 Å². The summed E-state index contributed by atoms with van der Waals surface area (Å²) in [4.78, 5) is 0. The molecule has 1 nitrogen and oxygen atoms in total. The van der Waals surface area contributed by atoms with Crippen LogP contribution in [0.2, 0.25) is 0 Å². The fourth-order valence-electron chi connectivity index (χ4n) is 1.96. The molecule has 0 heterocycles. The molecule has 0 radical (unpaired) electrons. The number of nitrogens with one attached hydrogen (secondary N) is 1. The van der Waals surface area contributed by atoms with E-state index in [1.807, 2.05) is 0 Å². The van der Waals surface area contributed by atoms with Crippen LogP contribution < -0.4 is 5.32 Å². The van der Waals surface area contributed by atoms with E-state index in [1.165, 1.54) is 31.3 Å². The molecule has 100 valence electrons. The van der Waals surface area contributed by atoms with Crippen molar-refractivity contribution in [2.24, 2.45) is 0 Å². The largest absolute Gasteiger partial charge is 0.309 e. The fraction of sp³-hybridized carbons (Fsp3) is 0.143. The fourth-order valence-corrected chi connectivity index (χ4v) is 1.96. The van der Waals surface area contributed by atoms with Gasteiger partial charge in [-0.15, -0.1) is 0 Å². The van der Waals surface area contributed by atoms with E-state index in [1.54, 1.807) is 0 Å². The van der Waals surface area contributed by atoms with Gasteiger partial charge in [-0.05, 0) is 24.7 Å². The van der Waals surface area contributed by atoms with Crippen LogP contribution in [0, 0.1) is 23.3 Å². The highest BCUT2D eigenvalue weighted by Crippen LogP contribution is 2.27. The molecule has 0 aliphatic heterocycles. The summed E-state index contributed by atoms with van der Waals surface area (Å²) in [5.41, 5.74) is 0.184. The lowest BCUT2D eigenvalue weighted by Crippen LogP contribution is -2.20. The highest BCUT2D eigenvalue weighted by Gasteiger charge is 2.21. The Bertz CT molecular complexity index is 557. The van der Waals surface area contributed by atoms with Crippen LogP contribution in [-0.4, -0.2) is 7.05 Å². The lowest BCUT2D eigenvalue weighted by molar-refractivity contribution is 0.500. The third kappa shape index (κ3) is 2.76. The molecule has 1 unspecified atom stereocenters. The summed E-state index contributed by atoms with van der Waals surface area (Å²) < 4.78 is 53.2. The molecular weight excluding hydrogens is 258 g/mol. The van der Waals surface area contributed by atoms with Gasteiger partial charge in [0.15, 0.2) is 0 Å². The molecule has 0 aliphatic carbocycles. The first kappa shape index (κ1) is 13.5. The van der Waals surface area contributed by atoms with E-state index >= 15 is 0 Å². The second kappa shape index (κ2) is 5.40. The van der Waals surface area contributed by atoms with E-state index in [2.05, 4.69) is 5.32 Å². The number of rotatable bonds is 3. The van der Waals surface area contributed by atoms with Crippen molar-refractivity contribution >= 4 is 0 Å². The second-order valence-electron chi connectivity index (χ2n) is 4.06. The molecule has 0 aliphatic rings. The van der Waals surface area contributed by atoms with Gasteiger partial charge >= 0.3 is 0 Å². The van der Waals surface area contributed by atoms with Gasteiger partial charge in [-0.1, -0.05) is 12.1 Å². The Balaban J connectivity index is 2.51. The van der Waals surface area contributed by atoms with Crippen LogP contribution >= 0.6 is 0 Å². The van der Waals surface area contributed by atoms with Crippen molar-refractivity contribution in [1.29, 1.82) is 0 Å². The Kier molecular flexibility index (Phi) is 3.85. The third-order valence-electron chi connectivity index (χ3n) is 2.82. The average molecular weight is 269 g/mol. The molecule has 0 fully saturated rings. The molecule has 2 aromatic carbocycles. The van der Waals surface area contributed by atoms with Crippen molar-refractivity contribution in [3.63, 3.8) is 0 Å². The van der Waals surface area contributed by atoms with Crippen LogP contribution in [-0.2, 0) is 0 Å². The zero-order valence-electron chi connectivity index (χ0n) is 10.1. The standard InChI is InChI=1S/C14H11F4N/c1-19-14(8-2-4-9(15)5-3-8)13-11(17)6-10(16)7-12(13)18/h2-7,14,19H,1H3. The molecule has 0 saturated heterocycles. The van der Waals surface area contributed by atoms with E-state index in [-0.39, 0.29) is 5.56 Å². The lowest BCUT2D eigenvalue weighted by atomic mass is 9.97. The van der Waals surface area contributed by atoms with Crippen molar-refractivity contribution in [2.75, 3.05) is 7.05 Å². The normalized spacial score (nSPS) is 12.5. The molecule has 5 heteroatoms. The van der Waals surface area contributed by atoms with Crippen molar-refractivity contribution < 1.29 is 17.6 Å². The molecule has 2 aromatic rings. The van der Waals surface area contributed by atoms with Gasteiger partial charge in [0.1, 0.15) is 23.3 Å². The SMILES string of the molecule is CNC(c1ccc(F)cc1)c1c(F)cc(F)cc1F. The Labute approximate surface area is 107 Å². The number of hydrogen-bond acceptors (Lipinski definition) is 1. The van der Waals surface area contributed by atoms with Crippen molar-refractivity contribution in [1.82, 2.24) is 5.32 Å². The minimum Gasteiger partial charge on any atom is -0.309 e. The van der Waals surface area contributed by atoms with Gasteiger partial charge in [0.2, 0.25) is 0 Å². The van der Waals surface area contributed by atoms with E-state index in [4.69, 9.17) is 0 Å². The van der Waals surface area contributed by atoms with Crippen molar-refractivity contribution in [2.45, 2.75) is 6.04 Å². The molecule has 2 rings (SSSR count). The van der Waals surface area contributed by atoms with E-state index in [0.29, 0.717) is 17.7 Å². The molecule has 19 heavy (non-hydrogen) atoms. The predicted molar refractivity (Wildman–Crippen MR) is 63.6 cm³/mol. The monoisotopic (exact) mass is 269 g/mol. The molecule has 0 saturated carbocycles. The summed E-state index contributed by atoms with van der Waals surface area (Å²) in [5, 5.41) is 2.73. The van der Waals surface area contributed by atoms with Gasteiger partial charge < -0.3 is 5.32 Å². The molecular formula is C14H11F4N. The Morgan fingerprint density at radius 2 is 1.37 bits per heavy atom. The number of hydrogen-bond donors (Lipinski definition) is 1. The maximum Gasteiger partial charge on any atom is 0.134 e. The summed E-state index contributed by atoms with van der Waals surface area (Å²) in [6.07, 6.45) is 0. The van der Waals surface area contributed by atoms with Crippen LogP contribution in [0.1, 0.15) is 17.2 Å². The van der Waals surface area contributed by atoms with Crippen LogP contribution in [0.4, 0.5) is 17.6 Å². The molecule has 1 atom stereocenters. The Hall–Kier alpha value is -1.88. The van der Waals surface area contributed by atoms with Crippen LogP contribution in [0.3, 0.4) is 0 Å². The smallest absolute Gasteiger partial charge is 0.134 e. The minimum atomic E-state index is -0.985. The summed E-state index contributed by atoms with van der Waals surface area (Å²) in [7, 11) is 1.51. The topological polar surface area (TPSA) is 12.0 Å². The minimum absolute atomic E-state index is 0.296. The first-order chi connectivity index (χ1) is 9.02. The van der Waals surface area contributed by atoms with Gasteiger partial charge in [-0.3, -0.25) is 0 Å². The van der Waals surface area contributed by atoms with Gasteiger partial charge in [0, 0.05) is 17.7 Å². The zero-order chi connectivity index (χ0) is 14.0. The second-order valence-corrected chi connectivity index (χ2v) is 4.06. The summed E-state index contributed by atoms with van der Waals surface area (Å²) in [6, 6.07) is 5.63. The molecule has 0 amide bonds. The van der Waals surface area contributed by atoms with E-state index in [0.717, 1.165) is 0 Å². The van der Waals surface area contributed by atoms with Crippen LogP contribution in [0.25, 0.3) is 0 Å². The summed E-state index contributed by atoms with van der Waals surface area (Å²) in [5.74, 6) is -3.39. The van der Waals surface area contributed by atoms with Crippen molar-refractivity contribution in [3.8, 4) is 0 Å². The predicted octanol–water partition coefficient (Wildman–Crippen LogP) is 3.55. The molecule has 0 bridgehead atoms. The van der Waals surface area contributed by atoms with Gasteiger partial charge in [-0.2, -0.15) is 0 Å². The summed E-state index contributed by atoms with van der Waals surface area (Å²) >= 11 is 0. The Morgan fingerprint density at radius 1 is 0.842 bits per heavy atom. The van der Waals surface area contributed by atoms with Gasteiger partial charge in [-0.25, -0.2) is 17.6 Å². The van der Waals surface area contributed by atoms with Gasteiger partial charge in [0.25, 0.3) is 0 Å². The third-order valence-corrected chi connectivity index (χ3v) is 2.82. The molecule has 0 spiro atoms. The molecule has 0 aromatic heterocycles. The first-order valence-electron chi connectivity index (χ1n) is 5.60. The quantitative estimate of drug-likeness (QED) is 0.840. The van der Waals surface area contributed by atoms with Crippen LogP contribution in [0.5, 0.6) is 0 Å². The highest BCUT2D eigenvalue weighted by atomic mass is 19.1.